The maximum atomic E-state index is 9.65. The van der Waals surface area contributed by atoms with Crippen molar-refractivity contribution in [2.24, 2.45) is 0 Å². The average molecular weight is 407 g/mol. The number of rotatable bonds is 5. The Morgan fingerprint density at radius 1 is 1.10 bits per heavy atom. The minimum absolute atomic E-state index is 0.0325. The van der Waals surface area contributed by atoms with Crippen molar-refractivity contribution in [2.75, 3.05) is 13.2 Å². The second-order valence-electron chi connectivity index (χ2n) is 7.54. The number of aliphatic hydroxyl groups is 1. The van der Waals surface area contributed by atoms with Crippen LogP contribution in [0.2, 0.25) is 0 Å². The standard InChI is InChI=1S/C23H26N4OS/c1-15-7-9-18(10-8-15)27-16(2)14-19(17(27)3)22-21(20-6-4-5-11-24-20)25-23(29)26(22)12-13-28/h4-11,14,21-22,28H,12-13H2,1-3H3,(H,25,29). The molecule has 1 saturated heterocycles. The first kappa shape index (κ1) is 19.6. The van der Waals surface area contributed by atoms with Gasteiger partial charge in [-0.15, -0.1) is 0 Å². The summed E-state index contributed by atoms with van der Waals surface area (Å²) in [5.41, 5.74) is 6.87. The number of hydrogen-bond acceptors (Lipinski definition) is 3. The van der Waals surface area contributed by atoms with Gasteiger partial charge in [-0.1, -0.05) is 23.8 Å². The number of β-amino-alcohol motifs (C(OH)–C–C–N with tert-alkyl or cyclic N) is 1. The van der Waals surface area contributed by atoms with E-state index in [1.54, 1.807) is 6.20 Å². The van der Waals surface area contributed by atoms with Crippen molar-refractivity contribution in [1.82, 2.24) is 19.8 Å². The van der Waals surface area contributed by atoms with Crippen molar-refractivity contribution in [2.45, 2.75) is 32.9 Å². The first-order valence-corrected chi connectivity index (χ1v) is 10.3. The van der Waals surface area contributed by atoms with Gasteiger partial charge in [0.2, 0.25) is 0 Å². The smallest absolute Gasteiger partial charge is 0.170 e. The number of nitrogens with zero attached hydrogens (tertiary/aromatic N) is 3. The van der Waals surface area contributed by atoms with Gasteiger partial charge >= 0.3 is 0 Å². The first-order chi connectivity index (χ1) is 14.0. The van der Waals surface area contributed by atoms with Crippen LogP contribution in [0.3, 0.4) is 0 Å². The van der Waals surface area contributed by atoms with Crippen molar-refractivity contribution < 1.29 is 5.11 Å². The third-order valence-electron chi connectivity index (χ3n) is 5.62. The van der Waals surface area contributed by atoms with Gasteiger partial charge in [-0.3, -0.25) is 4.98 Å². The van der Waals surface area contributed by atoms with E-state index in [2.05, 4.69) is 70.9 Å². The topological polar surface area (TPSA) is 53.3 Å². The second-order valence-corrected chi connectivity index (χ2v) is 7.93. The summed E-state index contributed by atoms with van der Waals surface area (Å²) in [6.07, 6.45) is 1.81. The molecule has 5 nitrogen and oxygen atoms in total. The van der Waals surface area contributed by atoms with Crippen molar-refractivity contribution in [1.29, 1.82) is 0 Å². The van der Waals surface area contributed by atoms with E-state index >= 15 is 0 Å². The number of hydrogen-bond donors (Lipinski definition) is 2. The summed E-state index contributed by atoms with van der Waals surface area (Å²) in [6, 6.07) is 16.6. The highest BCUT2D eigenvalue weighted by atomic mass is 32.1. The molecule has 0 saturated carbocycles. The lowest BCUT2D eigenvalue weighted by Crippen LogP contribution is -2.32. The Labute approximate surface area is 177 Å². The molecule has 0 aliphatic carbocycles. The molecule has 150 valence electrons. The molecule has 4 rings (SSSR count). The Bertz CT molecular complexity index is 1010. The molecule has 1 aliphatic rings. The highest BCUT2D eigenvalue weighted by molar-refractivity contribution is 7.80. The Balaban J connectivity index is 1.82. The molecule has 1 aliphatic heterocycles. The summed E-state index contributed by atoms with van der Waals surface area (Å²) in [5, 5.41) is 13.7. The van der Waals surface area contributed by atoms with Gasteiger partial charge in [-0.05, 0) is 68.9 Å². The summed E-state index contributed by atoms with van der Waals surface area (Å²) >= 11 is 5.62. The summed E-state index contributed by atoms with van der Waals surface area (Å²) in [5.74, 6) is 0. The average Bonchev–Trinajstić information content (AvgIpc) is 3.20. The van der Waals surface area contributed by atoms with E-state index < -0.39 is 0 Å². The fraction of sp³-hybridized carbons (Fsp3) is 0.304. The monoisotopic (exact) mass is 406 g/mol. The van der Waals surface area contributed by atoms with Gasteiger partial charge < -0.3 is 19.9 Å². The van der Waals surface area contributed by atoms with Crippen molar-refractivity contribution in [3.8, 4) is 5.69 Å². The molecule has 29 heavy (non-hydrogen) atoms. The molecule has 2 atom stereocenters. The number of aryl methyl sites for hydroxylation is 2. The maximum Gasteiger partial charge on any atom is 0.170 e. The van der Waals surface area contributed by atoms with Crippen LogP contribution in [-0.2, 0) is 0 Å². The summed E-state index contributed by atoms with van der Waals surface area (Å²) in [4.78, 5) is 6.65. The largest absolute Gasteiger partial charge is 0.395 e. The Kier molecular flexibility index (Phi) is 5.39. The van der Waals surface area contributed by atoms with Crippen LogP contribution in [0.5, 0.6) is 0 Å². The summed E-state index contributed by atoms with van der Waals surface area (Å²) < 4.78 is 2.28. The van der Waals surface area contributed by atoms with Crippen molar-refractivity contribution in [3.05, 3.63) is 82.9 Å². The van der Waals surface area contributed by atoms with E-state index in [0.29, 0.717) is 11.7 Å². The van der Waals surface area contributed by atoms with Crippen LogP contribution in [0.15, 0.2) is 54.7 Å². The Morgan fingerprint density at radius 2 is 1.86 bits per heavy atom. The van der Waals surface area contributed by atoms with Gasteiger partial charge in [0, 0.05) is 29.8 Å². The number of pyridine rings is 1. The predicted octanol–water partition coefficient (Wildman–Crippen LogP) is 3.76. The molecule has 1 fully saturated rings. The molecule has 6 heteroatoms. The van der Waals surface area contributed by atoms with Gasteiger partial charge in [0.15, 0.2) is 5.11 Å². The summed E-state index contributed by atoms with van der Waals surface area (Å²) in [7, 11) is 0. The first-order valence-electron chi connectivity index (χ1n) is 9.86. The highest BCUT2D eigenvalue weighted by Gasteiger charge is 2.41. The maximum absolute atomic E-state index is 9.65. The predicted molar refractivity (Wildman–Crippen MR) is 119 cm³/mol. The molecule has 1 aromatic carbocycles. The van der Waals surface area contributed by atoms with Crippen LogP contribution in [0, 0.1) is 20.8 Å². The minimum atomic E-state index is -0.0674. The van der Waals surface area contributed by atoms with E-state index in [-0.39, 0.29) is 18.7 Å². The minimum Gasteiger partial charge on any atom is -0.395 e. The van der Waals surface area contributed by atoms with E-state index in [1.807, 2.05) is 18.2 Å². The molecular weight excluding hydrogens is 380 g/mol. The van der Waals surface area contributed by atoms with E-state index in [0.717, 1.165) is 11.4 Å². The van der Waals surface area contributed by atoms with Gasteiger partial charge in [-0.2, -0.15) is 0 Å². The number of aliphatic hydroxyl groups excluding tert-OH is 1. The van der Waals surface area contributed by atoms with Gasteiger partial charge in [0.25, 0.3) is 0 Å². The van der Waals surface area contributed by atoms with Gasteiger partial charge in [0.05, 0.1) is 24.4 Å². The molecule has 0 radical (unpaired) electrons. The van der Waals surface area contributed by atoms with Crippen LogP contribution >= 0.6 is 12.2 Å². The fourth-order valence-corrected chi connectivity index (χ4v) is 4.60. The zero-order chi connectivity index (χ0) is 20.5. The zero-order valence-corrected chi connectivity index (χ0v) is 17.8. The van der Waals surface area contributed by atoms with Crippen LogP contribution in [0.1, 0.15) is 40.3 Å². The van der Waals surface area contributed by atoms with Gasteiger partial charge in [-0.25, -0.2) is 0 Å². The lowest BCUT2D eigenvalue weighted by molar-refractivity contribution is 0.223. The number of nitrogens with one attached hydrogen (secondary N) is 1. The molecule has 2 unspecified atom stereocenters. The third kappa shape index (κ3) is 3.54. The fourth-order valence-electron chi connectivity index (χ4n) is 4.27. The van der Waals surface area contributed by atoms with Crippen LogP contribution in [0.25, 0.3) is 5.69 Å². The van der Waals surface area contributed by atoms with Crippen LogP contribution in [0.4, 0.5) is 0 Å². The van der Waals surface area contributed by atoms with E-state index in [9.17, 15) is 5.11 Å². The third-order valence-corrected chi connectivity index (χ3v) is 5.97. The lowest BCUT2D eigenvalue weighted by atomic mass is 9.97. The highest BCUT2D eigenvalue weighted by Crippen LogP contribution is 2.41. The van der Waals surface area contributed by atoms with Crippen LogP contribution in [-0.4, -0.2) is 37.8 Å². The molecule has 0 spiro atoms. The molecular formula is C23H26N4OS. The lowest BCUT2D eigenvalue weighted by Gasteiger charge is -2.27. The summed E-state index contributed by atoms with van der Waals surface area (Å²) in [6.45, 7) is 6.90. The second kappa shape index (κ2) is 7.97. The van der Waals surface area contributed by atoms with Crippen molar-refractivity contribution in [3.63, 3.8) is 0 Å². The Hall–Kier alpha value is -2.70. The normalized spacial score (nSPS) is 18.9. The molecule has 0 amide bonds. The molecule has 3 aromatic rings. The number of benzene rings is 1. The number of thiocarbonyl (C=S) groups is 1. The van der Waals surface area contributed by atoms with E-state index in [4.69, 9.17) is 12.2 Å². The quantitative estimate of drug-likeness (QED) is 0.632. The molecule has 2 N–H and O–H groups in total. The number of aromatic nitrogens is 2. The molecule has 2 aromatic heterocycles. The molecule has 0 bridgehead atoms. The zero-order valence-electron chi connectivity index (χ0n) is 17.0. The van der Waals surface area contributed by atoms with Crippen LogP contribution < -0.4 is 5.32 Å². The Morgan fingerprint density at radius 3 is 2.52 bits per heavy atom. The SMILES string of the molecule is Cc1ccc(-n2c(C)cc(C3C(c4ccccn4)NC(=S)N3CCO)c2C)cc1. The molecule has 3 heterocycles. The van der Waals surface area contributed by atoms with Gasteiger partial charge in [0.1, 0.15) is 0 Å². The van der Waals surface area contributed by atoms with E-state index in [1.165, 1.54) is 22.5 Å². The van der Waals surface area contributed by atoms with Crippen molar-refractivity contribution >= 4 is 17.3 Å².